The molecule has 1 amide bonds. The van der Waals surface area contributed by atoms with Crippen LogP contribution in [0, 0.1) is 0 Å². The number of alkyl halides is 3. The minimum Gasteiger partial charge on any atom is -0.405 e. The van der Waals surface area contributed by atoms with Gasteiger partial charge in [0.15, 0.2) is 0 Å². The van der Waals surface area contributed by atoms with Crippen molar-refractivity contribution in [3.05, 3.63) is 53.7 Å². The third-order valence-electron chi connectivity index (χ3n) is 4.03. The highest BCUT2D eigenvalue weighted by Crippen LogP contribution is 2.27. The second-order valence-electron chi connectivity index (χ2n) is 5.89. The van der Waals surface area contributed by atoms with Gasteiger partial charge >= 0.3 is 6.36 Å². The lowest BCUT2D eigenvalue weighted by atomic mass is 10.1. The first-order valence-electron chi connectivity index (χ1n) is 8.55. The number of nitrogens with zero attached hydrogens (tertiary/aromatic N) is 3. The summed E-state index contributed by atoms with van der Waals surface area (Å²) in [7, 11) is 1.52. The Morgan fingerprint density at radius 2 is 1.78 bits per heavy atom. The Labute approximate surface area is 156 Å². The number of pyridine rings is 1. The van der Waals surface area contributed by atoms with E-state index in [1.165, 1.54) is 36.3 Å². The Morgan fingerprint density at radius 1 is 1.11 bits per heavy atom. The minimum absolute atomic E-state index is 0.0249. The summed E-state index contributed by atoms with van der Waals surface area (Å²) in [4.78, 5) is 20.2. The third kappa shape index (κ3) is 5.60. The molecule has 0 aliphatic heterocycles. The number of benzene rings is 1. The molecule has 2 rings (SSSR count). The smallest absolute Gasteiger partial charge is 0.405 e. The van der Waals surface area contributed by atoms with Crippen molar-refractivity contribution in [1.29, 1.82) is 0 Å². The predicted octanol–water partition coefficient (Wildman–Crippen LogP) is 4.10. The quantitative estimate of drug-likeness (QED) is 0.725. The van der Waals surface area contributed by atoms with Crippen molar-refractivity contribution in [2.24, 2.45) is 0 Å². The number of amides is 1. The van der Waals surface area contributed by atoms with Crippen LogP contribution in [0.2, 0.25) is 0 Å². The number of hydrogen-bond donors (Lipinski definition) is 0. The fourth-order valence-electron chi connectivity index (χ4n) is 2.65. The van der Waals surface area contributed by atoms with Crippen molar-refractivity contribution >= 4 is 11.7 Å². The molecule has 146 valence electrons. The molecular weight excluding hydrogens is 359 g/mol. The molecule has 0 saturated heterocycles. The van der Waals surface area contributed by atoms with E-state index in [0.717, 1.165) is 18.9 Å². The van der Waals surface area contributed by atoms with Gasteiger partial charge in [-0.2, -0.15) is 0 Å². The first-order valence-corrected chi connectivity index (χ1v) is 8.55. The predicted molar refractivity (Wildman–Crippen MR) is 96.7 cm³/mol. The van der Waals surface area contributed by atoms with Crippen LogP contribution in [0.4, 0.5) is 19.0 Å². The second kappa shape index (κ2) is 8.75. The molecule has 1 aromatic carbocycles. The van der Waals surface area contributed by atoms with Crippen LogP contribution in [0.5, 0.6) is 5.75 Å². The van der Waals surface area contributed by atoms with Crippen LogP contribution >= 0.6 is 0 Å². The maximum Gasteiger partial charge on any atom is 0.573 e. The molecule has 0 spiro atoms. The van der Waals surface area contributed by atoms with Crippen molar-refractivity contribution in [2.45, 2.75) is 26.8 Å². The molecule has 0 N–H and O–H groups in total. The standard InChI is InChI=1S/C19H22F3N3O2/c1-4-25(5-2)17-11-10-14(12-23-17)18(26)24(3)13-15-8-6-7-9-16(15)27-19(20,21)22/h6-12H,4-5,13H2,1-3H3. The summed E-state index contributed by atoms with van der Waals surface area (Å²) in [6, 6.07) is 9.18. The van der Waals surface area contributed by atoms with Gasteiger partial charge in [-0.25, -0.2) is 4.98 Å². The molecule has 0 aliphatic rings. The maximum absolute atomic E-state index is 12.6. The van der Waals surface area contributed by atoms with Crippen molar-refractivity contribution in [2.75, 3.05) is 25.0 Å². The molecule has 0 aliphatic carbocycles. The fraction of sp³-hybridized carbons (Fsp3) is 0.368. The summed E-state index contributed by atoms with van der Waals surface area (Å²) < 4.78 is 41.6. The topological polar surface area (TPSA) is 45.7 Å². The molecule has 0 fully saturated rings. The minimum atomic E-state index is -4.79. The zero-order valence-electron chi connectivity index (χ0n) is 15.5. The summed E-state index contributed by atoms with van der Waals surface area (Å²) in [5.74, 6) is 0.109. The molecule has 1 aromatic heterocycles. The molecule has 1 heterocycles. The van der Waals surface area contributed by atoms with Crippen LogP contribution in [0.25, 0.3) is 0 Å². The zero-order valence-corrected chi connectivity index (χ0v) is 15.5. The summed E-state index contributed by atoms with van der Waals surface area (Å²) in [6.07, 6.45) is -3.31. The molecule has 27 heavy (non-hydrogen) atoms. The molecule has 0 radical (unpaired) electrons. The first-order chi connectivity index (χ1) is 12.7. The van der Waals surface area contributed by atoms with Gasteiger partial charge in [0.1, 0.15) is 11.6 Å². The van der Waals surface area contributed by atoms with Gasteiger partial charge in [-0.15, -0.1) is 13.2 Å². The Hall–Kier alpha value is -2.77. The van der Waals surface area contributed by atoms with Gasteiger partial charge in [-0.05, 0) is 32.0 Å². The molecular formula is C19H22F3N3O2. The molecule has 0 unspecified atom stereocenters. The van der Waals surface area contributed by atoms with Crippen LogP contribution in [0.3, 0.4) is 0 Å². The van der Waals surface area contributed by atoms with Crippen LogP contribution in [-0.4, -0.2) is 42.3 Å². The van der Waals surface area contributed by atoms with Crippen molar-refractivity contribution in [3.63, 3.8) is 0 Å². The first kappa shape index (κ1) is 20.5. The van der Waals surface area contributed by atoms with Crippen LogP contribution in [0.1, 0.15) is 29.8 Å². The van der Waals surface area contributed by atoms with Gasteiger partial charge in [-0.3, -0.25) is 4.79 Å². The Balaban J connectivity index is 2.12. The number of rotatable bonds is 7. The number of carbonyl (C=O) groups excluding carboxylic acids is 1. The SMILES string of the molecule is CCN(CC)c1ccc(C(=O)N(C)Cc2ccccc2OC(F)(F)F)cn1. The van der Waals surface area contributed by atoms with E-state index < -0.39 is 6.36 Å². The van der Waals surface area contributed by atoms with Crippen molar-refractivity contribution in [3.8, 4) is 5.75 Å². The molecule has 0 bridgehead atoms. The van der Waals surface area contributed by atoms with Gasteiger partial charge < -0.3 is 14.5 Å². The lowest BCUT2D eigenvalue weighted by Crippen LogP contribution is -2.28. The number of carbonyl (C=O) groups is 1. The van der Waals surface area contributed by atoms with E-state index in [2.05, 4.69) is 9.72 Å². The van der Waals surface area contributed by atoms with E-state index in [4.69, 9.17) is 0 Å². The van der Waals surface area contributed by atoms with E-state index in [9.17, 15) is 18.0 Å². The van der Waals surface area contributed by atoms with E-state index in [-0.39, 0.29) is 23.8 Å². The number of hydrogen-bond acceptors (Lipinski definition) is 4. The van der Waals surface area contributed by atoms with Gasteiger partial charge in [0.25, 0.3) is 5.91 Å². The van der Waals surface area contributed by atoms with E-state index in [1.54, 1.807) is 18.2 Å². The molecule has 0 saturated carbocycles. The van der Waals surface area contributed by atoms with Crippen LogP contribution in [0.15, 0.2) is 42.6 Å². The summed E-state index contributed by atoms with van der Waals surface area (Å²) in [5.41, 5.74) is 0.626. The van der Waals surface area contributed by atoms with Gasteiger partial charge in [-0.1, -0.05) is 18.2 Å². The average Bonchev–Trinajstić information content (AvgIpc) is 2.63. The normalized spacial score (nSPS) is 11.2. The second-order valence-corrected chi connectivity index (χ2v) is 5.89. The highest BCUT2D eigenvalue weighted by molar-refractivity contribution is 5.93. The number of aromatic nitrogens is 1. The Morgan fingerprint density at radius 3 is 2.33 bits per heavy atom. The van der Waals surface area contributed by atoms with Gasteiger partial charge in [0.2, 0.25) is 0 Å². The van der Waals surface area contributed by atoms with E-state index in [1.807, 2.05) is 18.7 Å². The molecule has 2 aromatic rings. The number of halogens is 3. The number of anilines is 1. The van der Waals surface area contributed by atoms with Gasteiger partial charge in [0.05, 0.1) is 5.56 Å². The monoisotopic (exact) mass is 381 g/mol. The largest absolute Gasteiger partial charge is 0.573 e. The molecule has 5 nitrogen and oxygen atoms in total. The summed E-state index contributed by atoms with van der Waals surface area (Å²) in [5, 5.41) is 0. The lowest BCUT2D eigenvalue weighted by Gasteiger charge is -2.21. The Bertz CT molecular complexity index is 760. The fourth-order valence-corrected chi connectivity index (χ4v) is 2.65. The third-order valence-corrected chi connectivity index (χ3v) is 4.03. The molecule has 0 atom stereocenters. The maximum atomic E-state index is 12.6. The van der Waals surface area contributed by atoms with Crippen LogP contribution < -0.4 is 9.64 Å². The molecule has 8 heteroatoms. The van der Waals surface area contributed by atoms with E-state index >= 15 is 0 Å². The van der Waals surface area contributed by atoms with Crippen LogP contribution in [-0.2, 0) is 6.54 Å². The van der Waals surface area contributed by atoms with Crippen molar-refractivity contribution in [1.82, 2.24) is 9.88 Å². The highest BCUT2D eigenvalue weighted by atomic mass is 19.4. The Kier molecular flexibility index (Phi) is 6.65. The van der Waals surface area contributed by atoms with E-state index in [0.29, 0.717) is 5.56 Å². The average molecular weight is 381 g/mol. The van der Waals surface area contributed by atoms with Crippen molar-refractivity contribution < 1.29 is 22.7 Å². The van der Waals surface area contributed by atoms with Gasteiger partial charge in [0, 0.05) is 38.4 Å². The number of para-hydroxylation sites is 1. The highest BCUT2D eigenvalue weighted by Gasteiger charge is 2.32. The zero-order chi connectivity index (χ0) is 20.0. The summed E-state index contributed by atoms with van der Waals surface area (Å²) >= 11 is 0. The summed E-state index contributed by atoms with van der Waals surface area (Å²) in [6.45, 7) is 5.60. The number of ether oxygens (including phenoxy) is 1. The lowest BCUT2D eigenvalue weighted by molar-refractivity contribution is -0.275.